The average molecular weight is 545 g/mol. The molecule has 0 aliphatic heterocycles. The molecule has 0 spiro atoms. The van der Waals surface area contributed by atoms with E-state index >= 15 is 0 Å². The maximum Gasteiger partial charge on any atom is 0.204 e. The molecule has 0 atom stereocenters. The Kier molecular flexibility index (Phi) is 11.3. The minimum absolute atomic E-state index is 0.261. The monoisotopic (exact) mass is 544 g/mol. The van der Waals surface area contributed by atoms with Gasteiger partial charge in [-0.3, -0.25) is 20.2 Å². The van der Waals surface area contributed by atoms with E-state index in [1.807, 2.05) is 30.7 Å². The third-order valence-electron chi connectivity index (χ3n) is 7.29. The molecular formula is C32H41ClN6. The quantitative estimate of drug-likeness (QED) is 0.0847. The lowest BCUT2D eigenvalue weighted by Gasteiger charge is -2.40. The molecule has 0 aliphatic carbocycles. The maximum absolute atomic E-state index is 9.10. The molecule has 0 fully saturated rings. The van der Waals surface area contributed by atoms with Crippen LogP contribution in [0.15, 0.2) is 65.9 Å². The largest absolute Gasteiger partial charge is 0.356 e. The van der Waals surface area contributed by atoms with E-state index in [1.54, 1.807) is 0 Å². The van der Waals surface area contributed by atoms with E-state index in [-0.39, 0.29) is 5.54 Å². The van der Waals surface area contributed by atoms with E-state index in [4.69, 9.17) is 16.9 Å². The lowest BCUT2D eigenvalue weighted by atomic mass is 9.88. The maximum atomic E-state index is 9.10. The van der Waals surface area contributed by atoms with Crippen LogP contribution in [0.3, 0.4) is 0 Å². The SMILES string of the molecule is CCCCNC(=NCCCN(Cc1cccc(Cl)c1C)C(C)(C)c1cccc(-c2ccncc2C)c1)NC#N. The van der Waals surface area contributed by atoms with Crippen LogP contribution in [0.1, 0.15) is 62.3 Å². The van der Waals surface area contributed by atoms with E-state index in [9.17, 15) is 0 Å². The Morgan fingerprint density at radius 3 is 2.67 bits per heavy atom. The Balaban J connectivity index is 1.87. The summed E-state index contributed by atoms with van der Waals surface area (Å²) in [7, 11) is 0. The number of unbranched alkanes of at least 4 members (excludes halogenated alkanes) is 1. The number of guanidine groups is 1. The number of halogens is 1. The molecule has 0 saturated heterocycles. The summed E-state index contributed by atoms with van der Waals surface area (Å²) in [6, 6.07) is 17.0. The molecule has 0 unspecified atom stereocenters. The van der Waals surface area contributed by atoms with Crippen LogP contribution < -0.4 is 10.6 Å². The van der Waals surface area contributed by atoms with E-state index in [0.717, 1.165) is 55.0 Å². The number of aromatic nitrogens is 1. The minimum Gasteiger partial charge on any atom is -0.356 e. The van der Waals surface area contributed by atoms with Crippen molar-refractivity contribution in [3.63, 3.8) is 0 Å². The highest BCUT2D eigenvalue weighted by molar-refractivity contribution is 6.31. The van der Waals surface area contributed by atoms with Gasteiger partial charge in [0.2, 0.25) is 5.96 Å². The van der Waals surface area contributed by atoms with Gasteiger partial charge in [0.15, 0.2) is 6.19 Å². The number of hydrogen-bond donors (Lipinski definition) is 2. The van der Waals surface area contributed by atoms with E-state index in [0.29, 0.717) is 12.5 Å². The number of hydrogen-bond acceptors (Lipinski definition) is 4. The summed E-state index contributed by atoms with van der Waals surface area (Å²) in [6.45, 7) is 13.9. The van der Waals surface area contributed by atoms with E-state index in [2.05, 4.69) is 96.5 Å². The van der Waals surface area contributed by atoms with Crippen molar-refractivity contribution in [1.29, 1.82) is 5.26 Å². The van der Waals surface area contributed by atoms with Crippen molar-refractivity contribution in [2.24, 2.45) is 4.99 Å². The van der Waals surface area contributed by atoms with Gasteiger partial charge < -0.3 is 5.32 Å². The lowest BCUT2D eigenvalue weighted by molar-refractivity contribution is 0.109. The third kappa shape index (κ3) is 8.29. The van der Waals surface area contributed by atoms with Crippen molar-refractivity contribution < 1.29 is 0 Å². The first-order valence-electron chi connectivity index (χ1n) is 13.7. The molecule has 2 aromatic carbocycles. The zero-order valence-electron chi connectivity index (χ0n) is 23.9. The fourth-order valence-electron chi connectivity index (χ4n) is 4.66. The van der Waals surface area contributed by atoms with Gasteiger partial charge in [0.25, 0.3) is 0 Å². The van der Waals surface area contributed by atoms with Crippen LogP contribution in [0.4, 0.5) is 0 Å². The summed E-state index contributed by atoms with van der Waals surface area (Å²) >= 11 is 6.49. The molecule has 0 radical (unpaired) electrons. The summed E-state index contributed by atoms with van der Waals surface area (Å²) in [4.78, 5) is 11.4. The van der Waals surface area contributed by atoms with Crippen molar-refractivity contribution in [2.75, 3.05) is 19.6 Å². The van der Waals surface area contributed by atoms with Gasteiger partial charge in [-0.25, -0.2) is 0 Å². The summed E-state index contributed by atoms with van der Waals surface area (Å²) in [5.74, 6) is 0.544. The summed E-state index contributed by atoms with van der Waals surface area (Å²) < 4.78 is 0. The van der Waals surface area contributed by atoms with Crippen LogP contribution in [0.25, 0.3) is 11.1 Å². The van der Waals surface area contributed by atoms with Gasteiger partial charge in [-0.1, -0.05) is 55.3 Å². The average Bonchev–Trinajstić information content (AvgIpc) is 2.93. The Morgan fingerprint density at radius 2 is 1.92 bits per heavy atom. The zero-order chi connectivity index (χ0) is 28.3. The normalized spacial score (nSPS) is 11.9. The molecule has 1 aromatic heterocycles. The minimum atomic E-state index is -0.261. The van der Waals surface area contributed by atoms with Gasteiger partial charge in [-0.15, -0.1) is 0 Å². The molecule has 0 bridgehead atoms. The zero-order valence-corrected chi connectivity index (χ0v) is 24.6. The smallest absolute Gasteiger partial charge is 0.204 e. The van der Waals surface area contributed by atoms with Crippen LogP contribution >= 0.6 is 11.6 Å². The molecule has 0 amide bonds. The standard InChI is InChI=1S/C32H41ClN6/c1-6-7-16-36-31(38-23-34)37-17-10-19-39(22-27-12-9-14-30(33)25(27)3)32(4,5)28-13-8-11-26(20-28)29-15-18-35-21-24(29)2/h8-9,11-15,18,20-21H,6-7,10,16-17,19,22H2,1-5H3,(H2,36,37,38). The van der Waals surface area contributed by atoms with Crippen LogP contribution in [-0.4, -0.2) is 35.5 Å². The highest BCUT2D eigenvalue weighted by Gasteiger charge is 2.29. The fraction of sp³-hybridized carbons (Fsp3) is 0.406. The molecule has 39 heavy (non-hydrogen) atoms. The van der Waals surface area contributed by atoms with Crippen molar-refractivity contribution in [2.45, 2.75) is 66.0 Å². The molecule has 7 heteroatoms. The number of nitriles is 1. The fourth-order valence-corrected chi connectivity index (χ4v) is 4.86. The van der Waals surface area contributed by atoms with Crippen molar-refractivity contribution in [3.8, 4) is 17.3 Å². The molecule has 1 heterocycles. The number of pyridine rings is 1. The lowest BCUT2D eigenvalue weighted by Crippen LogP contribution is -2.42. The van der Waals surface area contributed by atoms with Crippen LogP contribution in [0.5, 0.6) is 0 Å². The Morgan fingerprint density at radius 1 is 1.13 bits per heavy atom. The second-order valence-corrected chi connectivity index (χ2v) is 10.8. The molecule has 0 aliphatic rings. The number of rotatable bonds is 12. The number of benzene rings is 2. The predicted molar refractivity (Wildman–Crippen MR) is 163 cm³/mol. The molecule has 2 N–H and O–H groups in total. The Bertz CT molecular complexity index is 1290. The van der Waals surface area contributed by atoms with Crippen LogP contribution in [0.2, 0.25) is 5.02 Å². The van der Waals surface area contributed by atoms with Gasteiger partial charge in [0, 0.05) is 49.1 Å². The summed E-state index contributed by atoms with van der Waals surface area (Å²) in [5.41, 5.74) is 6.85. The van der Waals surface area contributed by atoms with Crippen LogP contribution in [0, 0.1) is 25.3 Å². The molecule has 3 rings (SSSR count). The second-order valence-electron chi connectivity index (χ2n) is 10.4. The van der Waals surface area contributed by atoms with Crippen LogP contribution in [-0.2, 0) is 12.1 Å². The summed E-state index contributed by atoms with van der Waals surface area (Å²) in [6.07, 6.45) is 8.71. The topological polar surface area (TPSA) is 76.3 Å². The Labute approximate surface area is 239 Å². The van der Waals surface area contributed by atoms with Crippen molar-refractivity contribution in [1.82, 2.24) is 20.5 Å². The van der Waals surface area contributed by atoms with E-state index in [1.165, 1.54) is 22.3 Å². The molecular weight excluding hydrogens is 504 g/mol. The van der Waals surface area contributed by atoms with Crippen molar-refractivity contribution >= 4 is 17.6 Å². The number of nitrogens with one attached hydrogen (secondary N) is 2. The molecule has 206 valence electrons. The van der Waals surface area contributed by atoms with Crippen molar-refractivity contribution in [3.05, 3.63) is 88.2 Å². The first-order valence-corrected chi connectivity index (χ1v) is 14.1. The highest BCUT2D eigenvalue weighted by atomic mass is 35.5. The van der Waals surface area contributed by atoms with E-state index < -0.39 is 0 Å². The molecule has 6 nitrogen and oxygen atoms in total. The first-order chi connectivity index (χ1) is 18.8. The Hall–Kier alpha value is -3.40. The van der Waals surface area contributed by atoms with Gasteiger partial charge >= 0.3 is 0 Å². The van der Waals surface area contributed by atoms with Gasteiger partial charge in [-0.05, 0) is 92.1 Å². The van der Waals surface area contributed by atoms with Gasteiger partial charge in [-0.2, -0.15) is 5.26 Å². The van der Waals surface area contributed by atoms with Gasteiger partial charge in [0.1, 0.15) is 0 Å². The molecule has 0 saturated carbocycles. The number of nitrogens with zero attached hydrogens (tertiary/aromatic N) is 4. The predicted octanol–water partition coefficient (Wildman–Crippen LogP) is 6.96. The third-order valence-corrected chi connectivity index (χ3v) is 7.69. The second kappa shape index (κ2) is 14.7. The number of aryl methyl sites for hydroxylation is 1. The number of aliphatic imine (C=N–C) groups is 1. The molecule has 3 aromatic rings. The first kappa shape index (κ1) is 30.1. The summed E-state index contributed by atoms with van der Waals surface area (Å²) in [5, 5.41) is 15.8. The highest BCUT2D eigenvalue weighted by Crippen LogP contribution is 2.34. The van der Waals surface area contributed by atoms with Gasteiger partial charge in [0.05, 0.1) is 0 Å².